The minimum Gasteiger partial charge on any atom is -0.431 e. The number of hydrogen-bond acceptors (Lipinski definition) is 5. The van der Waals surface area contributed by atoms with E-state index in [2.05, 4.69) is 25.7 Å². The van der Waals surface area contributed by atoms with Crippen molar-refractivity contribution in [3.63, 3.8) is 0 Å². The molecule has 0 radical (unpaired) electrons. The first kappa shape index (κ1) is 21.6. The first-order valence-corrected chi connectivity index (χ1v) is 8.63. The van der Waals surface area contributed by atoms with Crippen molar-refractivity contribution < 1.29 is 19.5 Å². The third kappa shape index (κ3) is 8.60. The Labute approximate surface area is 154 Å². The monoisotopic (exact) mass is 360 g/mol. The Kier molecular flexibility index (Phi) is 9.33. The van der Waals surface area contributed by atoms with E-state index < -0.39 is 5.91 Å². The van der Waals surface area contributed by atoms with Crippen LogP contribution in [0.1, 0.15) is 38.3 Å². The molecule has 0 fully saturated rings. The molecular weight excluding hydrogens is 332 g/mol. The lowest BCUT2D eigenvalue weighted by molar-refractivity contribution is -0.142. The number of nitrogens with one attached hydrogen (secondary N) is 2. The molecule has 3 N–H and O–H groups in total. The van der Waals surface area contributed by atoms with Gasteiger partial charge in [0.05, 0.1) is 5.76 Å². The molecule has 0 bridgehead atoms. The molecule has 0 heterocycles. The molecule has 0 aliphatic rings. The standard InChI is InChI=1S/C20H28N2O4/c1-14(2)13-18(20(24)26-15(3)4)21-12-11-17-7-5-16(6-8-17)9-10-19(23)22-25/h5-10,14,18,21,25H,3,11-13H2,1-2,4H3,(H,22,23)/b10-9+/t18-/m0/s1. The molecule has 0 aliphatic carbocycles. The van der Waals surface area contributed by atoms with Gasteiger partial charge in [0, 0.05) is 6.08 Å². The second-order valence-corrected chi connectivity index (χ2v) is 6.56. The number of benzene rings is 1. The highest BCUT2D eigenvalue weighted by Gasteiger charge is 2.20. The van der Waals surface area contributed by atoms with Crippen LogP contribution in [-0.2, 0) is 20.7 Å². The maximum Gasteiger partial charge on any atom is 0.328 e. The Morgan fingerprint density at radius 2 is 1.92 bits per heavy atom. The molecule has 6 nitrogen and oxygen atoms in total. The largest absolute Gasteiger partial charge is 0.431 e. The number of rotatable bonds is 10. The van der Waals surface area contributed by atoms with Gasteiger partial charge in [0.2, 0.25) is 0 Å². The molecule has 1 aromatic carbocycles. The molecule has 1 rings (SSSR count). The van der Waals surface area contributed by atoms with Crippen molar-refractivity contribution in [2.45, 2.75) is 39.7 Å². The molecule has 0 saturated carbocycles. The Bertz CT molecular complexity index is 636. The average molecular weight is 360 g/mol. The van der Waals surface area contributed by atoms with E-state index >= 15 is 0 Å². The number of esters is 1. The van der Waals surface area contributed by atoms with Gasteiger partial charge in [-0.1, -0.05) is 44.7 Å². The van der Waals surface area contributed by atoms with Gasteiger partial charge in [0.15, 0.2) is 0 Å². The maximum absolute atomic E-state index is 12.1. The zero-order valence-corrected chi connectivity index (χ0v) is 15.6. The second-order valence-electron chi connectivity index (χ2n) is 6.56. The van der Waals surface area contributed by atoms with E-state index in [0.29, 0.717) is 24.6 Å². The van der Waals surface area contributed by atoms with E-state index in [0.717, 1.165) is 17.5 Å². The highest BCUT2D eigenvalue weighted by atomic mass is 16.5. The molecular formula is C20H28N2O4. The van der Waals surface area contributed by atoms with Crippen molar-refractivity contribution >= 4 is 18.0 Å². The summed E-state index contributed by atoms with van der Waals surface area (Å²) in [5.41, 5.74) is 3.51. The third-order valence-electron chi connectivity index (χ3n) is 3.59. The Hall–Kier alpha value is -2.44. The van der Waals surface area contributed by atoms with E-state index in [1.54, 1.807) is 18.5 Å². The van der Waals surface area contributed by atoms with Crippen molar-refractivity contribution in [2.75, 3.05) is 6.54 Å². The summed E-state index contributed by atoms with van der Waals surface area (Å²) < 4.78 is 5.13. The Morgan fingerprint density at radius 3 is 2.46 bits per heavy atom. The van der Waals surface area contributed by atoms with Gasteiger partial charge in [-0.3, -0.25) is 10.0 Å². The summed E-state index contributed by atoms with van der Waals surface area (Å²) in [6.07, 6.45) is 4.32. The highest BCUT2D eigenvalue weighted by molar-refractivity contribution is 5.90. The summed E-state index contributed by atoms with van der Waals surface area (Å²) >= 11 is 0. The Balaban J connectivity index is 2.55. The second kappa shape index (κ2) is 11.2. The van der Waals surface area contributed by atoms with Crippen LogP contribution in [0.25, 0.3) is 6.08 Å². The van der Waals surface area contributed by atoms with Gasteiger partial charge in [0.25, 0.3) is 5.91 Å². The lowest BCUT2D eigenvalue weighted by Crippen LogP contribution is -2.40. The van der Waals surface area contributed by atoms with Gasteiger partial charge in [-0.15, -0.1) is 0 Å². The lowest BCUT2D eigenvalue weighted by Gasteiger charge is -2.19. The van der Waals surface area contributed by atoms with Crippen LogP contribution < -0.4 is 10.8 Å². The van der Waals surface area contributed by atoms with Crippen LogP contribution in [0.4, 0.5) is 0 Å². The first-order chi connectivity index (χ1) is 12.3. The molecule has 6 heteroatoms. The van der Waals surface area contributed by atoms with Crippen LogP contribution in [0.15, 0.2) is 42.7 Å². The fourth-order valence-electron chi connectivity index (χ4n) is 2.37. The van der Waals surface area contributed by atoms with Crippen LogP contribution in [0.5, 0.6) is 0 Å². The van der Waals surface area contributed by atoms with E-state index in [1.807, 2.05) is 24.3 Å². The molecule has 1 atom stereocenters. The number of hydrogen-bond donors (Lipinski definition) is 3. The fourth-order valence-corrected chi connectivity index (χ4v) is 2.37. The summed E-state index contributed by atoms with van der Waals surface area (Å²) in [5.74, 6) is -0.110. The first-order valence-electron chi connectivity index (χ1n) is 8.63. The lowest BCUT2D eigenvalue weighted by atomic mass is 10.0. The normalized spacial score (nSPS) is 12.2. The molecule has 0 saturated heterocycles. The van der Waals surface area contributed by atoms with Crippen molar-refractivity contribution in [1.82, 2.24) is 10.8 Å². The van der Waals surface area contributed by atoms with Crippen LogP contribution in [0.2, 0.25) is 0 Å². The van der Waals surface area contributed by atoms with E-state index in [1.165, 1.54) is 6.08 Å². The van der Waals surface area contributed by atoms with E-state index in [9.17, 15) is 9.59 Å². The summed E-state index contributed by atoms with van der Waals surface area (Å²) in [5, 5.41) is 11.7. The third-order valence-corrected chi connectivity index (χ3v) is 3.59. The summed E-state index contributed by atoms with van der Waals surface area (Å²) in [7, 11) is 0. The summed E-state index contributed by atoms with van der Waals surface area (Å²) in [6, 6.07) is 7.34. The average Bonchev–Trinajstić information content (AvgIpc) is 2.58. The van der Waals surface area contributed by atoms with Crippen molar-refractivity contribution in [3.05, 3.63) is 53.8 Å². The predicted octanol–water partition coefficient (Wildman–Crippen LogP) is 2.83. The molecule has 0 spiro atoms. The van der Waals surface area contributed by atoms with Crippen LogP contribution >= 0.6 is 0 Å². The number of amides is 1. The quantitative estimate of drug-likeness (QED) is 0.196. The van der Waals surface area contributed by atoms with Crippen molar-refractivity contribution in [3.8, 4) is 0 Å². The summed E-state index contributed by atoms with van der Waals surface area (Å²) in [4.78, 5) is 23.1. The molecule has 26 heavy (non-hydrogen) atoms. The van der Waals surface area contributed by atoms with Crippen LogP contribution in [0, 0.1) is 5.92 Å². The predicted molar refractivity (Wildman–Crippen MR) is 101 cm³/mol. The van der Waals surface area contributed by atoms with Gasteiger partial charge >= 0.3 is 5.97 Å². The van der Waals surface area contributed by atoms with Crippen molar-refractivity contribution in [1.29, 1.82) is 0 Å². The molecule has 1 amide bonds. The number of carbonyl (C=O) groups excluding carboxylic acids is 2. The molecule has 0 aromatic heterocycles. The molecule has 0 unspecified atom stereocenters. The molecule has 1 aromatic rings. The zero-order chi connectivity index (χ0) is 19.5. The smallest absolute Gasteiger partial charge is 0.328 e. The minimum atomic E-state index is -0.573. The van der Waals surface area contributed by atoms with Gasteiger partial charge in [-0.2, -0.15) is 0 Å². The highest BCUT2D eigenvalue weighted by Crippen LogP contribution is 2.10. The number of hydroxylamine groups is 1. The maximum atomic E-state index is 12.1. The fraction of sp³-hybridized carbons (Fsp3) is 0.400. The zero-order valence-electron chi connectivity index (χ0n) is 15.6. The van der Waals surface area contributed by atoms with Gasteiger partial charge in [0.1, 0.15) is 6.04 Å². The van der Waals surface area contributed by atoms with E-state index in [-0.39, 0.29) is 12.0 Å². The van der Waals surface area contributed by atoms with E-state index in [4.69, 9.17) is 9.94 Å². The van der Waals surface area contributed by atoms with Crippen LogP contribution in [-0.4, -0.2) is 29.7 Å². The topological polar surface area (TPSA) is 87.7 Å². The SMILES string of the molecule is C=C(C)OC(=O)[C@H](CC(C)C)NCCc1ccc(/C=C/C(=O)NO)cc1. The number of ether oxygens (including phenoxy) is 1. The molecule has 142 valence electrons. The van der Waals surface area contributed by atoms with Gasteiger partial charge in [-0.05, 0) is 49.4 Å². The number of allylic oxidation sites excluding steroid dienone is 1. The van der Waals surface area contributed by atoms with Crippen molar-refractivity contribution in [2.24, 2.45) is 5.92 Å². The molecule has 0 aliphatic heterocycles. The number of carbonyl (C=O) groups is 2. The minimum absolute atomic E-state index is 0.297. The van der Waals surface area contributed by atoms with Gasteiger partial charge in [-0.25, -0.2) is 10.3 Å². The Morgan fingerprint density at radius 1 is 1.27 bits per heavy atom. The van der Waals surface area contributed by atoms with Crippen LogP contribution in [0.3, 0.4) is 0 Å². The van der Waals surface area contributed by atoms with Gasteiger partial charge < -0.3 is 10.1 Å². The summed E-state index contributed by atoms with van der Waals surface area (Å²) in [6.45, 7) is 10.0.